The number of thiophene rings is 1. The Morgan fingerprint density at radius 2 is 1.96 bits per heavy atom. The summed E-state index contributed by atoms with van der Waals surface area (Å²) in [4.78, 5) is 25.4. The molecule has 1 atom stereocenters. The van der Waals surface area contributed by atoms with Crippen molar-refractivity contribution in [2.45, 2.75) is 38.6 Å². The number of rotatable bonds is 6. The maximum absolute atomic E-state index is 12.4. The summed E-state index contributed by atoms with van der Waals surface area (Å²) >= 11 is 7.40. The van der Waals surface area contributed by atoms with Crippen molar-refractivity contribution in [3.63, 3.8) is 0 Å². The molecule has 0 spiro atoms. The Morgan fingerprint density at radius 1 is 1.27 bits per heavy atom. The largest absolute Gasteiger partial charge is 0.365 e. The number of aryl methyl sites for hydroxylation is 1. The van der Waals surface area contributed by atoms with Gasteiger partial charge in [-0.05, 0) is 50.3 Å². The van der Waals surface area contributed by atoms with Gasteiger partial charge in [0.15, 0.2) is 6.54 Å². The van der Waals surface area contributed by atoms with Crippen LogP contribution in [0.1, 0.15) is 52.2 Å². The standard InChI is InChI=1S/C19H22ClN3O2S/c1-11(12-6-8-13(20)9-7-12)22-10-16(24)23-19-17(18(21)25)14-4-2-3-5-15(14)26-19/h6-9,11,22H,2-5,10H2,1H3,(H2,21,25)(H,23,24)/p+1/t11-/m1/s1. The highest BCUT2D eigenvalue weighted by Gasteiger charge is 2.25. The molecule has 2 amide bonds. The van der Waals surface area contributed by atoms with E-state index in [1.807, 2.05) is 36.5 Å². The third kappa shape index (κ3) is 4.26. The summed E-state index contributed by atoms with van der Waals surface area (Å²) in [6.45, 7) is 2.31. The van der Waals surface area contributed by atoms with Crippen LogP contribution in [0.2, 0.25) is 5.02 Å². The van der Waals surface area contributed by atoms with E-state index in [0.717, 1.165) is 36.8 Å². The normalized spacial score (nSPS) is 14.5. The number of fused-ring (bicyclic) bond motifs is 1. The summed E-state index contributed by atoms with van der Waals surface area (Å²) in [5, 5.41) is 6.14. The summed E-state index contributed by atoms with van der Waals surface area (Å²) in [5.74, 6) is -0.592. The molecule has 0 aliphatic heterocycles. The number of halogens is 1. The molecule has 0 saturated carbocycles. The van der Waals surface area contributed by atoms with E-state index >= 15 is 0 Å². The lowest BCUT2D eigenvalue weighted by Gasteiger charge is -2.12. The van der Waals surface area contributed by atoms with E-state index in [-0.39, 0.29) is 18.5 Å². The molecule has 138 valence electrons. The number of hydrogen-bond acceptors (Lipinski definition) is 3. The third-order valence-electron chi connectivity index (χ3n) is 4.72. The second-order valence-corrected chi connectivity index (χ2v) is 8.15. The fraction of sp³-hybridized carbons (Fsp3) is 0.368. The molecule has 0 unspecified atom stereocenters. The minimum atomic E-state index is -0.460. The van der Waals surface area contributed by atoms with Crippen LogP contribution in [0.5, 0.6) is 0 Å². The van der Waals surface area contributed by atoms with Crippen LogP contribution in [-0.2, 0) is 17.6 Å². The minimum Gasteiger partial charge on any atom is -0.365 e. The molecule has 1 aliphatic rings. The van der Waals surface area contributed by atoms with Gasteiger partial charge in [0, 0.05) is 15.5 Å². The number of hydrogen-bond donors (Lipinski definition) is 3. The lowest BCUT2D eigenvalue weighted by atomic mass is 9.95. The number of nitrogens with one attached hydrogen (secondary N) is 1. The first-order chi connectivity index (χ1) is 12.5. The number of carbonyl (C=O) groups is 2. The zero-order valence-electron chi connectivity index (χ0n) is 14.7. The average molecular weight is 393 g/mol. The molecule has 1 aromatic carbocycles. The van der Waals surface area contributed by atoms with E-state index in [4.69, 9.17) is 17.3 Å². The fourth-order valence-electron chi connectivity index (χ4n) is 3.28. The van der Waals surface area contributed by atoms with Crippen LogP contribution >= 0.6 is 22.9 Å². The van der Waals surface area contributed by atoms with E-state index in [1.165, 1.54) is 16.2 Å². The number of anilines is 1. The fourth-order valence-corrected chi connectivity index (χ4v) is 4.72. The summed E-state index contributed by atoms with van der Waals surface area (Å²) in [7, 11) is 0. The quantitative estimate of drug-likeness (QED) is 0.705. The van der Waals surface area contributed by atoms with Crippen molar-refractivity contribution < 1.29 is 14.9 Å². The monoisotopic (exact) mass is 392 g/mol. The van der Waals surface area contributed by atoms with Gasteiger partial charge in [0.25, 0.3) is 11.8 Å². The van der Waals surface area contributed by atoms with Gasteiger partial charge in [0.05, 0.1) is 5.56 Å². The van der Waals surface area contributed by atoms with Gasteiger partial charge in [-0.1, -0.05) is 23.7 Å². The van der Waals surface area contributed by atoms with Crippen molar-refractivity contribution in [3.05, 3.63) is 50.9 Å². The van der Waals surface area contributed by atoms with Crippen LogP contribution in [0.25, 0.3) is 0 Å². The van der Waals surface area contributed by atoms with Gasteiger partial charge in [-0.25, -0.2) is 0 Å². The van der Waals surface area contributed by atoms with Gasteiger partial charge >= 0.3 is 0 Å². The Morgan fingerprint density at radius 3 is 2.65 bits per heavy atom. The van der Waals surface area contributed by atoms with Crippen molar-refractivity contribution in [1.82, 2.24) is 0 Å². The Bertz CT molecular complexity index is 817. The van der Waals surface area contributed by atoms with Crippen LogP contribution < -0.4 is 16.4 Å². The van der Waals surface area contributed by atoms with E-state index < -0.39 is 5.91 Å². The molecule has 1 heterocycles. The Labute approximate surface area is 161 Å². The molecule has 0 radical (unpaired) electrons. The molecule has 0 fully saturated rings. The maximum Gasteiger partial charge on any atom is 0.280 e. The maximum atomic E-state index is 12.4. The van der Waals surface area contributed by atoms with Gasteiger partial charge in [0.1, 0.15) is 11.0 Å². The zero-order chi connectivity index (χ0) is 18.7. The van der Waals surface area contributed by atoms with Crippen LogP contribution in [0.4, 0.5) is 5.00 Å². The minimum absolute atomic E-state index is 0.130. The molecule has 1 aromatic heterocycles. The highest BCUT2D eigenvalue weighted by Crippen LogP contribution is 2.37. The van der Waals surface area contributed by atoms with Crippen LogP contribution in [0.15, 0.2) is 24.3 Å². The Hall–Kier alpha value is -1.89. The van der Waals surface area contributed by atoms with Crippen molar-refractivity contribution in [2.75, 3.05) is 11.9 Å². The van der Waals surface area contributed by atoms with E-state index in [2.05, 4.69) is 5.32 Å². The number of nitrogens with two attached hydrogens (primary N) is 2. The number of benzene rings is 1. The molecule has 5 N–H and O–H groups in total. The van der Waals surface area contributed by atoms with Crippen molar-refractivity contribution in [3.8, 4) is 0 Å². The molecular weight excluding hydrogens is 370 g/mol. The SMILES string of the molecule is C[C@@H]([NH2+]CC(=O)Nc1sc2c(c1C(N)=O)CCCC2)c1ccc(Cl)cc1. The molecule has 2 aromatic rings. The predicted molar refractivity (Wildman–Crippen MR) is 105 cm³/mol. The van der Waals surface area contributed by atoms with Gasteiger partial charge in [0.2, 0.25) is 0 Å². The second kappa shape index (κ2) is 8.20. The summed E-state index contributed by atoms with van der Waals surface area (Å²) in [6.07, 6.45) is 3.99. The molecule has 1 aliphatic carbocycles. The van der Waals surface area contributed by atoms with E-state index in [9.17, 15) is 9.59 Å². The van der Waals surface area contributed by atoms with E-state index in [1.54, 1.807) is 0 Å². The van der Waals surface area contributed by atoms with Crippen LogP contribution in [0.3, 0.4) is 0 Å². The molecule has 5 nitrogen and oxygen atoms in total. The van der Waals surface area contributed by atoms with Crippen LogP contribution in [0, 0.1) is 0 Å². The summed E-state index contributed by atoms with van der Waals surface area (Å²) in [5.41, 5.74) is 8.20. The van der Waals surface area contributed by atoms with Gasteiger partial charge in [-0.15, -0.1) is 11.3 Å². The molecule has 26 heavy (non-hydrogen) atoms. The number of quaternary nitrogens is 1. The van der Waals surface area contributed by atoms with E-state index in [0.29, 0.717) is 15.6 Å². The first-order valence-electron chi connectivity index (χ1n) is 8.78. The van der Waals surface area contributed by atoms with Crippen LogP contribution in [-0.4, -0.2) is 18.4 Å². The summed E-state index contributed by atoms with van der Waals surface area (Å²) in [6, 6.07) is 7.73. The molecule has 3 rings (SSSR count). The number of carbonyl (C=O) groups excluding carboxylic acids is 2. The Balaban J connectivity index is 1.64. The van der Waals surface area contributed by atoms with Gasteiger partial charge in [-0.2, -0.15) is 0 Å². The Kier molecular flexibility index (Phi) is 5.96. The molecular formula is C19H23ClN3O2S+. The molecule has 0 saturated heterocycles. The smallest absolute Gasteiger partial charge is 0.280 e. The predicted octanol–water partition coefficient (Wildman–Crippen LogP) is 2.64. The molecule has 0 bridgehead atoms. The van der Waals surface area contributed by atoms with Gasteiger partial charge in [-0.3, -0.25) is 9.59 Å². The number of primary amides is 1. The zero-order valence-corrected chi connectivity index (χ0v) is 16.3. The number of amides is 2. The highest BCUT2D eigenvalue weighted by molar-refractivity contribution is 7.17. The van der Waals surface area contributed by atoms with Crippen molar-refractivity contribution in [1.29, 1.82) is 0 Å². The molecule has 7 heteroatoms. The first kappa shape index (κ1) is 18.9. The van der Waals surface area contributed by atoms with Gasteiger partial charge < -0.3 is 16.4 Å². The second-order valence-electron chi connectivity index (χ2n) is 6.61. The summed E-state index contributed by atoms with van der Waals surface area (Å²) < 4.78 is 0. The lowest BCUT2D eigenvalue weighted by Crippen LogP contribution is -2.86. The lowest BCUT2D eigenvalue weighted by molar-refractivity contribution is -0.682. The third-order valence-corrected chi connectivity index (χ3v) is 6.18. The first-order valence-corrected chi connectivity index (χ1v) is 9.98. The van der Waals surface area contributed by atoms with Crippen molar-refractivity contribution >= 4 is 39.8 Å². The highest BCUT2D eigenvalue weighted by atomic mass is 35.5. The topological polar surface area (TPSA) is 88.8 Å². The van der Waals surface area contributed by atoms with Crippen molar-refractivity contribution in [2.24, 2.45) is 5.73 Å². The average Bonchev–Trinajstić information content (AvgIpc) is 2.98.